The number of aromatic amines is 1. The first-order valence-electron chi connectivity index (χ1n) is 6.01. The van der Waals surface area contributed by atoms with Gasteiger partial charge in [-0.3, -0.25) is 5.10 Å². The van der Waals surface area contributed by atoms with Gasteiger partial charge in [0.1, 0.15) is 12.2 Å². The summed E-state index contributed by atoms with van der Waals surface area (Å²) < 4.78 is 26.1. The average Bonchev–Trinajstić information content (AvgIpc) is 2.91. The first kappa shape index (κ1) is 13.7. The molecule has 6 nitrogen and oxygen atoms in total. The maximum atomic E-state index is 11.8. The number of rotatable bonds is 7. The van der Waals surface area contributed by atoms with Crippen molar-refractivity contribution in [2.45, 2.75) is 12.8 Å². The topological polar surface area (TPSA) is 87.7 Å². The second-order valence-electron chi connectivity index (χ2n) is 4.13. The summed E-state index contributed by atoms with van der Waals surface area (Å²) in [5.74, 6) is 0.763. The van der Waals surface area contributed by atoms with E-state index in [1.54, 1.807) is 0 Å². The summed E-state index contributed by atoms with van der Waals surface area (Å²) in [5, 5.41) is 6.39. The standard InChI is InChI=1S/C12H16N4O2S/c17-19(18,9-7-11-4-2-1-3-5-11)15-8-6-12-13-10-14-16-12/h1-5,10,15H,6-9H2,(H,13,14,16). The maximum absolute atomic E-state index is 11.8. The number of aryl methyl sites for hydroxylation is 1. The van der Waals surface area contributed by atoms with Crippen molar-refractivity contribution in [2.24, 2.45) is 0 Å². The molecule has 2 rings (SSSR count). The highest BCUT2D eigenvalue weighted by Gasteiger charge is 2.10. The molecule has 1 aromatic heterocycles. The number of H-pyrrole nitrogens is 1. The van der Waals surface area contributed by atoms with Crippen LogP contribution in [0.3, 0.4) is 0 Å². The summed E-state index contributed by atoms with van der Waals surface area (Å²) >= 11 is 0. The van der Waals surface area contributed by atoms with Crippen LogP contribution in [0.2, 0.25) is 0 Å². The molecular formula is C12H16N4O2S. The molecule has 1 heterocycles. The molecule has 7 heteroatoms. The largest absolute Gasteiger partial charge is 0.263 e. The second kappa shape index (κ2) is 6.44. The van der Waals surface area contributed by atoms with Gasteiger partial charge >= 0.3 is 0 Å². The van der Waals surface area contributed by atoms with Crippen molar-refractivity contribution in [3.8, 4) is 0 Å². The lowest BCUT2D eigenvalue weighted by Crippen LogP contribution is -2.29. The van der Waals surface area contributed by atoms with E-state index >= 15 is 0 Å². The van der Waals surface area contributed by atoms with Gasteiger partial charge in [0, 0.05) is 13.0 Å². The summed E-state index contributed by atoms with van der Waals surface area (Å²) in [7, 11) is -3.25. The Bertz CT molecular complexity index is 581. The lowest BCUT2D eigenvalue weighted by Gasteiger charge is -2.05. The lowest BCUT2D eigenvalue weighted by atomic mass is 10.2. The fourth-order valence-electron chi connectivity index (χ4n) is 1.65. The Morgan fingerprint density at radius 1 is 1.16 bits per heavy atom. The number of nitrogens with one attached hydrogen (secondary N) is 2. The molecule has 0 unspecified atom stereocenters. The van der Waals surface area contributed by atoms with Gasteiger partial charge in [-0.15, -0.1) is 0 Å². The maximum Gasteiger partial charge on any atom is 0.211 e. The molecule has 0 atom stereocenters. The van der Waals surface area contributed by atoms with E-state index in [-0.39, 0.29) is 5.75 Å². The molecule has 0 aliphatic rings. The molecule has 1 aromatic carbocycles. The van der Waals surface area contributed by atoms with Crippen molar-refractivity contribution >= 4 is 10.0 Å². The first-order valence-corrected chi connectivity index (χ1v) is 7.66. The highest BCUT2D eigenvalue weighted by atomic mass is 32.2. The van der Waals surface area contributed by atoms with Gasteiger partial charge in [-0.1, -0.05) is 30.3 Å². The third-order valence-electron chi connectivity index (χ3n) is 2.65. The van der Waals surface area contributed by atoms with E-state index in [0.29, 0.717) is 25.2 Å². The smallest absolute Gasteiger partial charge is 0.211 e. The van der Waals surface area contributed by atoms with Gasteiger partial charge in [0.2, 0.25) is 10.0 Å². The van der Waals surface area contributed by atoms with Gasteiger partial charge in [-0.25, -0.2) is 18.1 Å². The number of aromatic nitrogens is 3. The molecule has 19 heavy (non-hydrogen) atoms. The van der Waals surface area contributed by atoms with E-state index < -0.39 is 10.0 Å². The van der Waals surface area contributed by atoms with Crippen LogP contribution >= 0.6 is 0 Å². The summed E-state index contributed by atoms with van der Waals surface area (Å²) in [4.78, 5) is 3.93. The molecular weight excluding hydrogens is 264 g/mol. The zero-order chi connectivity index (χ0) is 13.6. The van der Waals surface area contributed by atoms with Crippen molar-refractivity contribution in [2.75, 3.05) is 12.3 Å². The molecule has 0 saturated heterocycles. The van der Waals surface area contributed by atoms with Crippen LogP contribution < -0.4 is 4.72 Å². The number of hydrogen-bond donors (Lipinski definition) is 2. The number of hydrogen-bond acceptors (Lipinski definition) is 4. The average molecular weight is 280 g/mol. The summed E-state index contributed by atoms with van der Waals surface area (Å²) in [5.41, 5.74) is 1.02. The molecule has 0 fully saturated rings. The molecule has 0 bridgehead atoms. The minimum absolute atomic E-state index is 0.0907. The van der Waals surface area contributed by atoms with Gasteiger partial charge in [0.05, 0.1) is 5.75 Å². The van der Waals surface area contributed by atoms with Crippen LogP contribution in [-0.2, 0) is 22.9 Å². The third kappa shape index (κ3) is 4.80. The Labute approximate surface area is 112 Å². The van der Waals surface area contributed by atoms with Crippen LogP contribution in [0.1, 0.15) is 11.4 Å². The van der Waals surface area contributed by atoms with E-state index in [4.69, 9.17) is 0 Å². The summed E-state index contributed by atoms with van der Waals surface area (Å²) in [6.45, 7) is 0.326. The highest BCUT2D eigenvalue weighted by molar-refractivity contribution is 7.89. The zero-order valence-electron chi connectivity index (χ0n) is 10.4. The molecule has 0 spiro atoms. The zero-order valence-corrected chi connectivity index (χ0v) is 11.2. The fourth-order valence-corrected chi connectivity index (χ4v) is 2.71. The predicted octanol–water partition coefficient (Wildman–Crippen LogP) is 0.509. The molecule has 0 radical (unpaired) electrons. The summed E-state index contributed by atoms with van der Waals surface area (Å²) in [6.07, 6.45) is 2.42. The molecule has 0 amide bonds. The van der Waals surface area contributed by atoms with E-state index in [2.05, 4.69) is 19.9 Å². The number of nitrogens with zero attached hydrogens (tertiary/aromatic N) is 2. The molecule has 2 aromatic rings. The molecule has 102 valence electrons. The highest BCUT2D eigenvalue weighted by Crippen LogP contribution is 2.01. The van der Waals surface area contributed by atoms with Gasteiger partial charge in [-0.05, 0) is 12.0 Å². The van der Waals surface area contributed by atoms with Crippen molar-refractivity contribution < 1.29 is 8.42 Å². The van der Waals surface area contributed by atoms with Crippen LogP contribution in [0, 0.1) is 0 Å². The number of benzene rings is 1. The predicted molar refractivity (Wildman–Crippen MR) is 72.0 cm³/mol. The minimum Gasteiger partial charge on any atom is -0.263 e. The van der Waals surface area contributed by atoms with E-state index in [1.165, 1.54) is 6.33 Å². The first-order chi connectivity index (χ1) is 9.16. The van der Waals surface area contributed by atoms with Gasteiger partial charge in [-0.2, -0.15) is 5.10 Å². The minimum atomic E-state index is -3.25. The van der Waals surface area contributed by atoms with Crippen LogP contribution in [0.25, 0.3) is 0 Å². The molecule has 2 N–H and O–H groups in total. The molecule has 0 saturated carbocycles. The van der Waals surface area contributed by atoms with Crippen LogP contribution in [0.15, 0.2) is 36.7 Å². The molecule has 0 aliphatic heterocycles. The van der Waals surface area contributed by atoms with E-state index in [0.717, 1.165) is 5.56 Å². The molecule has 0 aliphatic carbocycles. The third-order valence-corrected chi connectivity index (χ3v) is 4.04. The Hall–Kier alpha value is -1.73. The Morgan fingerprint density at radius 3 is 2.63 bits per heavy atom. The Kier molecular flexibility index (Phi) is 4.64. The quantitative estimate of drug-likeness (QED) is 0.773. The van der Waals surface area contributed by atoms with Crippen LogP contribution in [0.4, 0.5) is 0 Å². The van der Waals surface area contributed by atoms with Gasteiger partial charge < -0.3 is 0 Å². The number of sulfonamides is 1. The van der Waals surface area contributed by atoms with Crippen LogP contribution in [-0.4, -0.2) is 35.9 Å². The van der Waals surface area contributed by atoms with E-state index in [1.807, 2.05) is 30.3 Å². The fraction of sp³-hybridized carbons (Fsp3) is 0.333. The van der Waals surface area contributed by atoms with Crippen molar-refractivity contribution in [1.29, 1.82) is 0 Å². The van der Waals surface area contributed by atoms with Crippen LogP contribution in [0.5, 0.6) is 0 Å². The Morgan fingerprint density at radius 2 is 1.95 bits per heavy atom. The normalized spacial score (nSPS) is 11.6. The lowest BCUT2D eigenvalue weighted by molar-refractivity contribution is 0.580. The SMILES string of the molecule is O=S(=O)(CCc1ccccc1)NCCc1ncn[nH]1. The second-order valence-corrected chi connectivity index (χ2v) is 6.06. The van der Waals surface area contributed by atoms with Crippen molar-refractivity contribution in [3.63, 3.8) is 0 Å². The monoisotopic (exact) mass is 280 g/mol. The van der Waals surface area contributed by atoms with Gasteiger partial charge in [0.25, 0.3) is 0 Å². The summed E-state index contributed by atoms with van der Waals surface area (Å²) in [6, 6.07) is 9.56. The Balaban J connectivity index is 1.76. The van der Waals surface area contributed by atoms with E-state index in [9.17, 15) is 8.42 Å². The van der Waals surface area contributed by atoms with Crippen molar-refractivity contribution in [3.05, 3.63) is 48.0 Å². The van der Waals surface area contributed by atoms with Crippen molar-refractivity contribution in [1.82, 2.24) is 19.9 Å². The van der Waals surface area contributed by atoms with Gasteiger partial charge in [0.15, 0.2) is 0 Å².